The van der Waals surface area contributed by atoms with E-state index in [1.807, 2.05) is 48.5 Å². The maximum atomic E-state index is 14.7. The minimum absolute atomic E-state index is 0.124. The van der Waals surface area contributed by atoms with Gasteiger partial charge in [-0.05, 0) is 42.8 Å². The van der Waals surface area contributed by atoms with Crippen LogP contribution in [0.5, 0.6) is 11.5 Å². The summed E-state index contributed by atoms with van der Waals surface area (Å²) >= 11 is 0. The van der Waals surface area contributed by atoms with E-state index in [1.165, 1.54) is 13.2 Å². The lowest BCUT2D eigenvalue weighted by atomic mass is 9.86. The monoisotopic (exact) mass is 479 g/mol. The number of hydrogen-bond acceptors (Lipinski definition) is 6. The van der Waals surface area contributed by atoms with Crippen molar-refractivity contribution in [3.63, 3.8) is 0 Å². The molecule has 0 spiro atoms. The van der Waals surface area contributed by atoms with Crippen LogP contribution in [0.15, 0.2) is 72.8 Å². The van der Waals surface area contributed by atoms with Crippen molar-refractivity contribution in [1.82, 2.24) is 0 Å². The van der Waals surface area contributed by atoms with Gasteiger partial charge in [0.15, 0.2) is 5.60 Å². The number of nitrogens with zero attached hydrogens (tertiary/aromatic N) is 1. The Labute approximate surface area is 205 Å². The van der Waals surface area contributed by atoms with Crippen LogP contribution in [-0.4, -0.2) is 46.0 Å². The normalized spacial score (nSPS) is 14.4. The molecule has 0 saturated heterocycles. The molecule has 0 saturated carbocycles. The molecule has 0 bridgehead atoms. The molecule has 184 valence electrons. The number of hydrogen-bond donors (Lipinski definition) is 0. The highest BCUT2D eigenvalue weighted by Crippen LogP contribution is 2.34. The van der Waals surface area contributed by atoms with Gasteiger partial charge >= 0.3 is 5.97 Å². The highest BCUT2D eigenvalue weighted by molar-refractivity contribution is 5.82. The molecule has 3 aromatic rings. The van der Waals surface area contributed by atoms with Gasteiger partial charge < -0.3 is 23.8 Å². The third-order valence-corrected chi connectivity index (χ3v) is 6.05. The summed E-state index contributed by atoms with van der Waals surface area (Å²) in [6, 6.07) is 21.5. The summed E-state index contributed by atoms with van der Waals surface area (Å²) < 4.78 is 37.3. The van der Waals surface area contributed by atoms with Gasteiger partial charge in [-0.3, -0.25) is 0 Å². The number of methoxy groups -OCH3 is 1. The lowest BCUT2D eigenvalue weighted by molar-refractivity contribution is -0.171. The number of esters is 1. The predicted molar refractivity (Wildman–Crippen MR) is 132 cm³/mol. The molecular weight excluding hydrogens is 449 g/mol. The lowest BCUT2D eigenvalue weighted by Crippen LogP contribution is -2.42. The largest absolute Gasteiger partial charge is 0.492 e. The summed E-state index contributed by atoms with van der Waals surface area (Å²) in [6.07, 6.45) is 0.124. The van der Waals surface area contributed by atoms with E-state index in [0.717, 1.165) is 30.1 Å². The van der Waals surface area contributed by atoms with Gasteiger partial charge in [0.2, 0.25) is 0 Å². The molecule has 7 heteroatoms. The fraction of sp³-hybridized carbons (Fsp3) is 0.321. The first kappa shape index (κ1) is 24.5. The molecule has 0 fully saturated rings. The number of carbonyl (C=O) groups is 1. The Morgan fingerprint density at radius 2 is 1.80 bits per heavy atom. The van der Waals surface area contributed by atoms with E-state index in [2.05, 4.69) is 4.90 Å². The second-order valence-electron chi connectivity index (χ2n) is 8.20. The maximum Gasteiger partial charge on any atom is 0.343 e. The number of fused-ring (bicyclic) bond motifs is 1. The van der Waals surface area contributed by atoms with Crippen molar-refractivity contribution in [2.24, 2.45) is 0 Å². The Balaban J connectivity index is 1.44. The number of anilines is 1. The third-order valence-electron chi connectivity index (χ3n) is 6.05. The van der Waals surface area contributed by atoms with Gasteiger partial charge in [0.25, 0.3) is 0 Å². The van der Waals surface area contributed by atoms with E-state index in [1.54, 1.807) is 25.1 Å². The predicted octanol–water partition coefficient (Wildman–Crippen LogP) is 4.75. The molecule has 1 aliphatic heterocycles. The molecule has 1 heterocycles. The first-order valence-corrected chi connectivity index (χ1v) is 11.7. The molecule has 0 N–H and O–H groups in total. The van der Waals surface area contributed by atoms with Crippen molar-refractivity contribution in [3.8, 4) is 11.5 Å². The van der Waals surface area contributed by atoms with E-state index in [0.29, 0.717) is 19.0 Å². The summed E-state index contributed by atoms with van der Waals surface area (Å²) in [6.45, 7) is 4.68. The van der Waals surface area contributed by atoms with Gasteiger partial charge in [0.05, 0.1) is 25.9 Å². The van der Waals surface area contributed by atoms with Crippen molar-refractivity contribution in [3.05, 3.63) is 89.7 Å². The van der Waals surface area contributed by atoms with Crippen LogP contribution >= 0.6 is 0 Å². The fourth-order valence-corrected chi connectivity index (χ4v) is 4.39. The minimum Gasteiger partial charge on any atom is -0.492 e. The molecule has 0 aliphatic carbocycles. The topological polar surface area (TPSA) is 57.2 Å². The lowest BCUT2D eigenvalue weighted by Gasteiger charge is -2.32. The Hall–Kier alpha value is -3.58. The molecular formula is C28H30FNO5. The number of ether oxygens (including phenoxy) is 4. The average Bonchev–Trinajstić information content (AvgIpc) is 2.89. The fourth-order valence-electron chi connectivity index (χ4n) is 4.39. The molecule has 4 rings (SSSR count). The first-order chi connectivity index (χ1) is 17.1. The van der Waals surface area contributed by atoms with E-state index in [4.69, 9.17) is 18.9 Å². The number of para-hydroxylation sites is 2. The van der Waals surface area contributed by atoms with Gasteiger partial charge in [-0.15, -0.1) is 0 Å². The van der Waals surface area contributed by atoms with Crippen molar-refractivity contribution < 1.29 is 28.1 Å². The summed E-state index contributed by atoms with van der Waals surface area (Å²) in [5, 5.41) is 0. The molecule has 3 aromatic carbocycles. The zero-order valence-corrected chi connectivity index (χ0v) is 20.0. The van der Waals surface area contributed by atoms with Gasteiger partial charge in [-0.25, -0.2) is 9.18 Å². The molecule has 1 atom stereocenters. The number of carbonyl (C=O) groups excluding carboxylic acids is 1. The highest BCUT2D eigenvalue weighted by Gasteiger charge is 2.44. The third kappa shape index (κ3) is 5.41. The Morgan fingerprint density at radius 1 is 1.06 bits per heavy atom. The summed E-state index contributed by atoms with van der Waals surface area (Å²) in [5.41, 5.74) is 0.434. The Morgan fingerprint density at radius 3 is 2.54 bits per heavy atom. The SMILES string of the molecule is CCOC(Cc1ccc(OCCN2CCOc3ccccc32)cc1)(C(=O)OC)c1ccccc1F. The van der Waals surface area contributed by atoms with Crippen LogP contribution in [0.25, 0.3) is 0 Å². The zero-order valence-electron chi connectivity index (χ0n) is 20.0. The number of benzene rings is 3. The second-order valence-corrected chi connectivity index (χ2v) is 8.20. The molecule has 35 heavy (non-hydrogen) atoms. The van der Waals surface area contributed by atoms with Crippen LogP contribution in [0.3, 0.4) is 0 Å². The molecule has 0 aromatic heterocycles. The van der Waals surface area contributed by atoms with Crippen LogP contribution in [0.1, 0.15) is 18.1 Å². The van der Waals surface area contributed by atoms with Crippen LogP contribution < -0.4 is 14.4 Å². The van der Waals surface area contributed by atoms with E-state index in [-0.39, 0.29) is 18.6 Å². The minimum atomic E-state index is -1.58. The molecule has 0 radical (unpaired) electrons. The quantitative estimate of drug-likeness (QED) is 0.391. The molecule has 1 unspecified atom stereocenters. The Kier molecular flexibility index (Phi) is 7.87. The van der Waals surface area contributed by atoms with E-state index in [9.17, 15) is 9.18 Å². The van der Waals surface area contributed by atoms with Crippen LogP contribution in [0, 0.1) is 5.82 Å². The first-order valence-electron chi connectivity index (χ1n) is 11.7. The summed E-state index contributed by atoms with van der Waals surface area (Å²) in [4.78, 5) is 15.1. The van der Waals surface area contributed by atoms with Gasteiger partial charge in [-0.1, -0.05) is 42.5 Å². The number of halogens is 1. The van der Waals surface area contributed by atoms with Gasteiger partial charge in [-0.2, -0.15) is 0 Å². The standard InChI is InChI=1S/C28H30FNO5/c1-3-35-28(27(31)32-2,23-8-4-5-9-24(23)29)20-21-12-14-22(15-13-21)33-18-16-30-17-19-34-26-11-7-6-10-25(26)30/h4-15H,3,16-20H2,1-2H3. The second kappa shape index (κ2) is 11.2. The Bertz CT molecular complexity index is 1140. The van der Waals surface area contributed by atoms with Gasteiger partial charge in [0, 0.05) is 18.6 Å². The summed E-state index contributed by atoms with van der Waals surface area (Å²) in [5.74, 6) is 0.439. The molecule has 6 nitrogen and oxygen atoms in total. The number of rotatable bonds is 10. The van der Waals surface area contributed by atoms with Crippen molar-refractivity contribution >= 4 is 11.7 Å². The van der Waals surface area contributed by atoms with Crippen LogP contribution in [0.4, 0.5) is 10.1 Å². The van der Waals surface area contributed by atoms with Crippen LogP contribution in [0.2, 0.25) is 0 Å². The molecule has 0 amide bonds. The average molecular weight is 480 g/mol. The van der Waals surface area contributed by atoms with E-state index < -0.39 is 17.4 Å². The van der Waals surface area contributed by atoms with Crippen molar-refractivity contribution in [1.29, 1.82) is 0 Å². The zero-order chi connectivity index (χ0) is 24.7. The van der Waals surface area contributed by atoms with Crippen LogP contribution in [-0.2, 0) is 26.3 Å². The molecule has 1 aliphatic rings. The summed E-state index contributed by atoms with van der Waals surface area (Å²) in [7, 11) is 1.28. The smallest absolute Gasteiger partial charge is 0.343 e. The maximum absolute atomic E-state index is 14.7. The van der Waals surface area contributed by atoms with Gasteiger partial charge in [0.1, 0.15) is 30.5 Å². The van der Waals surface area contributed by atoms with Crippen molar-refractivity contribution in [2.45, 2.75) is 18.9 Å². The van der Waals surface area contributed by atoms with Crippen molar-refractivity contribution in [2.75, 3.05) is 44.9 Å². The van der Waals surface area contributed by atoms with E-state index >= 15 is 0 Å². The highest BCUT2D eigenvalue weighted by atomic mass is 19.1.